The first kappa shape index (κ1) is 29.2. The third-order valence-electron chi connectivity index (χ3n) is 4.66. The first-order valence-corrected chi connectivity index (χ1v) is 11.8. The zero-order valence-electron chi connectivity index (χ0n) is 20.1. The molecule has 0 saturated carbocycles. The minimum atomic E-state index is -1.36. The standard InChI is InChI=1S/C22H26ClNO11S/c1-10(25)31-9-17-18(32-11(2)26)19(33-12(3)27)20(34-13(4)28)22(35-17)36-21(24-29)15-8-14(23)6-7-16(15)30-5/h6-8,17-20,22,29H,9H2,1-5H3/t17-,18-,19+,20-,22+/m1/s1. The highest BCUT2D eigenvalue weighted by Crippen LogP contribution is 2.37. The minimum absolute atomic E-state index is 0.0461. The van der Waals surface area contributed by atoms with E-state index in [0.29, 0.717) is 10.8 Å². The SMILES string of the molecule is COc1ccc(Cl)cc1C(=NO)S[C@@H]1O[C@H](COC(C)=O)[C@@H](OC(C)=O)[C@H](OC(C)=O)[C@H]1OC(C)=O. The molecule has 0 amide bonds. The first-order valence-electron chi connectivity index (χ1n) is 10.5. The maximum atomic E-state index is 12.0. The van der Waals surface area contributed by atoms with Gasteiger partial charge in [0, 0.05) is 32.7 Å². The Bertz CT molecular complexity index is 1020. The molecule has 14 heteroatoms. The molecule has 36 heavy (non-hydrogen) atoms. The van der Waals surface area contributed by atoms with Crippen LogP contribution in [-0.2, 0) is 42.9 Å². The van der Waals surface area contributed by atoms with Gasteiger partial charge in [0.1, 0.15) is 23.5 Å². The highest BCUT2D eigenvalue weighted by atomic mass is 35.5. The van der Waals surface area contributed by atoms with Crippen LogP contribution in [0.1, 0.15) is 33.3 Å². The van der Waals surface area contributed by atoms with Crippen molar-refractivity contribution in [1.82, 2.24) is 0 Å². The Labute approximate surface area is 216 Å². The van der Waals surface area contributed by atoms with Gasteiger partial charge in [0.05, 0.1) is 12.7 Å². The summed E-state index contributed by atoms with van der Waals surface area (Å²) < 4.78 is 32.5. The van der Waals surface area contributed by atoms with Crippen LogP contribution in [0.4, 0.5) is 0 Å². The van der Waals surface area contributed by atoms with Crippen molar-refractivity contribution in [1.29, 1.82) is 0 Å². The second kappa shape index (κ2) is 13.3. The molecule has 12 nitrogen and oxygen atoms in total. The molecule has 1 aromatic carbocycles. The average Bonchev–Trinajstić information content (AvgIpc) is 2.78. The van der Waals surface area contributed by atoms with Crippen LogP contribution in [0.2, 0.25) is 5.02 Å². The van der Waals surface area contributed by atoms with Gasteiger partial charge in [-0.2, -0.15) is 0 Å². The lowest BCUT2D eigenvalue weighted by Gasteiger charge is -2.44. The summed E-state index contributed by atoms with van der Waals surface area (Å²) in [5, 5.41) is 13.4. The van der Waals surface area contributed by atoms with Crippen molar-refractivity contribution < 1.29 is 52.8 Å². The van der Waals surface area contributed by atoms with Crippen molar-refractivity contribution in [2.24, 2.45) is 5.16 Å². The molecule has 2 rings (SSSR count). The van der Waals surface area contributed by atoms with Crippen LogP contribution in [0, 0.1) is 0 Å². The Hall–Kier alpha value is -3.03. The average molecular weight is 548 g/mol. The summed E-state index contributed by atoms with van der Waals surface area (Å²) in [7, 11) is 1.40. The number of rotatable bonds is 8. The number of methoxy groups -OCH3 is 1. The fourth-order valence-electron chi connectivity index (χ4n) is 3.38. The van der Waals surface area contributed by atoms with E-state index in [2.05, 4.69) is 5.16 Å². The lowest BCUT2D eigenvalue weighted by Crippen LogP contribution is -2.61. The van der Waals surface area contributed by atoms with Crippen LogP contribution in [0.15, 0.2) is 23.4 Å². The summed E-state index contributed by atoms with van der Waals surface area (Å²) in [5.41, 5.74) is -0.912. The Morgan fingerprint density at radius 3 is 2.08 bits per heavy atom. The molecule has 0 aliphatic carbocycles. The number of nitrogens with zero attached hydrogens (tertiary/aromatic N) is 1. The summed E-state index contributed by atoms with van der Waals surface area (Å²) >= 11 is 6.89. The van der Waals surface area contributed by atoms with Gasteiger partial charge in [-0.3, -0.25) is 19.2 Å². The molecule has 0 aromatic heterocycles. The molecule has 1 saturated heterocycles. The van der Waals surface area contributed by atoms with Gasteiger partial charge in [0.2, 0.25) is 0 Å². The van der Waals surface area contributed by atoms with Crippen LogP contribution in [0.3, 0.4) is 0 Å². The largest absolute Gasteiger partial charge is 0.496 e. The molecule has 0 radical (unpaired) electrons. The van der Waals surface area contributed by atoms with E-state index in [4.69, 9.17) is 40.0 Å². The summed E-state index contributed by atoms with van der Waals surface area (Å²) in [4.78, 5) is 47.2. The monoisotopic (exact) mass is 547 g/mol. The van der Waals surface area contributed by atoms with Gasteiger partial charge in [0.25, 0.3) is 0 Å². The van der Waals surface area contributed by atoms with E-state index in [1.165, 1.54) is 20.1 Å². The maximum Gasteiger partial charge on any atom is 0.303 e. The van der Waals surface area contributed by atoms with Crippen molar-refractivity contribution in [3.8, 4) is 5.75 Å². The number of thioether (sulfide) groups is 1. The number of esters is 4. The topological polar surface area (TPSA) is 156 Å². The van der Waals surface area contributed by atoms with Crippen LogP contribution in [-0.4, -0.2) is 77.7 Å². The van der Waals surface area contributed by atoms with E-state index in [9.17, 15) is 24.4 Å². The number of oxime groups is 1. The third-order valence-corrected chi connectivity index (χ3v) is 6.03. The normalized spacial score (nSPS) is 23.8. The first-order chi connectivity index (χ1) is 17.0. The Morgan fingerprint density at radius 2 is 1.56 bits per heavy atom. The van der Waals surface area contributed by atoms with Crippen LogP contribution >= 0.6 is 23.4 Å². The van der Waals surface area contributed by atoms with Crippen molar-refractivity contribution in [3.05, 3.63) is 28.8 Å². The summed E-state index contributed by atoms with van der Waals surface area (Å²) in [6.45, 7) is 4.15. The third kappa shape index (κ3) is 8.00. The minimum Gasteiger partial charge on any atom is -0.496 e. The maximum absolute atomic E-state index is 12.0. The van der Waals surface area contributed by atoms with Gasteiger partial charge in [-0.05, 0) is 18.2 Å². The van der Waals surface area contributed by atoms with Crippen molar-refractivity contribution in [3.63, 3.8) is 0 Å². The molecule has 1 fully saturated rings. The predicted molar refractivity (Wildman–Crippen MR) is 126 cm³/mol. The van der Waals surface area contributed by atoms with Crippen molar-refractivity contribution in [2.75, 3.05) is 13.7 Å². The molecule has 0 unspecified atom stereocenters. The Kier molecular flexibility index (Phi) is 10.8. The molecule has 0 spiro atoms. The van der Waals surface area contributed by atoms with E-state index in [1.807, 2.05) is 0 Å². The van der Waals surface area contributed by atoms with Crippen LogP contribution < -0.4 is 4.74 Å². The summed E-state index contributed by atoms with van der Waals surface area (Å²) in [6.07, 6.45) is -5.14. The molecular weight excluding hydrogens is 522 g/mol. The van der Waals surface area contributed by atoms with Crippen LogP contribution in [0.25, 0.3) is 0 Å². The number of halogens is 1. The van der Waals surface area contributed by atoms with Gasteiger partial charge >= 0.3 is 23.9 Å². The Morgan fingerprint density at radius 1 is 0.972 bits per heavy atom. The smallest absolute Gasteiger partial charge is 0.303 e. The molecule has 1 N–H and O–H groups in total. The van der Waals surface area contributed by atoms with Gasteiger partial charge in [-0.25, -0.2) is 0 Å². The zero-order valence-corrected chi connectivity index (χ0v) is 21.7. The molecule has 1 heterocycles. The van der Waals surface area contributed by atoms with Gasteiger partial charge in [-0.15, -0.1) is 0 Å². The lowest BCUT2D eigenvalue weighted by atomic mass is 9.99. The Balaban J connectivity index is 2.55. The van der Waals surface area contributed by atoms with Gasteiger partial charge < -0.3 is 33.6 Å². The second-order valence-electron chi connectivity index (χ2n) is 7.44. The molecule has 1 aromatic rings. The molecular formula is C22H26ClNO11S. The summed E-state index contributed by atoms with van der Waals surface area (Å²) in [5.74, 6) is -2.60. The molecule has 0 bridgehead atoms. The number of hydrogen-bond acceptors (Lipinski definition) is 13. The number of carbonyl (C=O) groups excluding carboxylic acids is 4. The van der Waals surface area contributed by atoms with Gasteiger partial charge in [0.15, 0.2) is 23.7 Å². The molecule has 1 aliphatic heterocycles. The van der Waals surface area contributed by atoms with E-state index in [1.54, 1.807) is 12.1 Å². The van der Waals surface area contributed by atoms with Crippen molar-refractivity contribution >= 4 is 52.3 Å². The number of carbonyl (C=O) groups is 4. The molecule has 1 aliphatic rings. The highest BCUT2D eigenvalue weighted by molar-refractivity contribution is 8.14. The van der Waals surface area contributed by atoms with E-state index >= 15 is 0 Å². The van der Waals surface area contributed by atoms with E-state index < -0.39 is 53.7 Å². The van der Waals surface area contributed by atoms with Crippen molar-refractivity contribution in [2.45, 2.75) is 57.5 Å². The number of benzene rings is 1. The fraction of sp³-hybridized carbons (Fsp3) is 0.500. The fourth-order valence-corrected chi connectivity index (χ4v) is 4.65. The zero-order chi connectivity index (χ0) is 27.0. The lowest BCUT2D eigenvalue weighted by molar-refractivity contribution is -0.237. The predicted octanol–water partition coefficient (Wildman–Crippen LogP) is 2.30. The van der Waals surface area contributed by atoms with E-state index in [-0.39, 0.29) is 17.2 Å². The summed E-state index contributed by atoms with van der Waals surface area (Å²) in [6, 6.07) is 4.60. The van der Waals surface area contributed by atoms with Gasteiger partial charge in [-0.1, -0.05) is 28.5 Å². The number of ether oxygens (including phenoxy) is 6. The van der Waals surface area contributed by atoms with E-state index in [0.717, 1.165) is 32.5 Å². The number of hydrogen-bond donors (Lipinski definition) is 1. The second-order valence-corrected chi connectivity index (χ2v) is 8.96. The van der Waals surface area contributed by atoms with Crippen LogP contribution in [0.5, 0.6) is 5.75 Å². The molecule has 5 atom stereocenters. The highest BCUT2D eigenvalue weighted by Gasteiger charge is 2.53. The molecule has 198 valence electrons. The quantitative estimate of drug-likeness (QED) is 0.127.